The summed E-state index contributed by atoms with van der Waals surface area (Å²) < 4.78 is 0. The van der Waals surface area contributed by atoms with Crippen LogP contribution >= 0.6 is 11.8 Å². The minimum Gasteiger partial charge on any atom is -0.312 e. The van der Waals surface area contributed by atoms with Gasteiger partial charge in [0.25, 0.3) is 0 Å². The lowest BCUT2D eigenvalue weighted by Gasteiger charge is -2.15. The lowest BCUT2D eigenvalue weighted by molar-refractivity contribution is 0.661. The fourth-order valence-corrected chi connectivity index (χ4v) is 2.57. The van der Waals surface area contributed by atoms with Crippen LogP contribution in [0.1, 0.15) is 17.2 Å². The molecule has 1 heterocycles. The number of nitrogens with zero attached hydrogens (tertiary/aromatic N) is 2. The second-order valence-corrected chi connectivity index (χ2v) is 5.09. The van der Waals surface area contributed by atoms with E-state index < -0.39 is 0 Å². The van der Waals surface area contributed by atoms with E-state index in [-0.39, 0.29) is 0 Å². The number of nitrogens with one attached hydrogen (secondary N) is 1. The van der Waals surface area contributed by atoms with E-state index >= 15 is 0 Å². The zero-order valence-electron chi connectivity index (χ0n) is 10.6. The molecule has 1 unspecified atom stereocenters. The van der Waals surface area contributed by atoms with Gasteiger partial charge < -0.3 is 5.32 Å². The molecule has 1 atom stereocenters. The Bertz CT molecular complexity index is 470. The van der Waals surface area contributed by atoms with E-state index in [1.165, 1.54) is 5.56 Å². The van der Waals surface area contributed by atoms with Crippen LogP contribution in [0, 0.1) is 6.92 Å². The van der Waals surface area contributed by atoms with Gasteiger partial charge in [-0.2, -0.15) is 0 Å². The van der Waals surface area contributed by atoms with E-state index in [2.05, 4.69) is 39.6 Å². The molecule has 0 aliphatic heterocycles. The Morgan fingerprint density at radius 1 is 1.17 bits per heavy atom. The second-order valence-electron chi connectivity index (χ2n) is 4.11. The average Bonchev–Trinajstić information content (AvgIpc) is 2.43. The molecule has 0 bridgehead atoms. The minimum atomic E-state index is 0.320. The molecule has 18 heavy (non-hydrogen) atoms. The Hall–Kier alpha value is -1.39. The third-order valence-electron chi connectivity index (χ3n) is 2.69. The number of hydrogen-bond acceptors (Lipinski definition) is 4. The van der Waals surface area contributed by atoms with Crippen molar-refractivity contribution in [3.8, 4) is 0 Å². The van der Waals surface area contributed by atoms with Gasteiger partial charge in [-0.25, -0.2) is 9.97 Å². The van der Waals surface area contributed by atoms with Crippen molar-refractivity contribution in [1.29, 1.82) is 0 Å². The number of benzene rings is 1. The van der Waals surface area contributed by atoms with Gasteiger partial charge in [0, 0.05) is 24.2 Å². The summed E-state index contributed by atoms with van der Waals surface area (Å²) in [7, 11) is 1.98. The summed E-state index contributed by atoms with van der Waals surface area (Å²) in [4.78, 5) is 8.60. The quantitative estimate of drug-likeness (QED) is 0.662. The van der Waals surface area contributed by atoms with E-state index in [0.717, 1.165) is 16.5 Å². The smallest absolute Gasteiger partial charge is 0.187 e. The Labute approximate surface area is 112 Å². The molecule has 1 aromatic carbocycles. The van der Waals surface area contributed by atoms with Crippen molar-refractivity contribution in [2.75, 3.05) is 12.8 Å². The SMILES string of the molecule is CNC(CSc1ncc(C)cn1)c1ccccc1. The molecule has 0 fully saturated rings. The van der Waals surface area contributed by atoms with Crippen LogP contribution in [0.15, 0.2) is 47.9 Å². The van der Waals surface area contributed by atoms with Crippen molar-refractivity contribution in [3.05, 3.63) is 53.9 Å². The maximum Gasteiger partial charge on any atom is 0.187 e. The van der Waals surface area contributed by atoms with Crippen molar-refractivity contribution < 1.29 is 0 Å². The largest absolute Gasteiger partial charge is 0.312 e. The molecule has 0 spiro atoms. The summed E-state index contributed by atoms with van der Waals surface area (Å²) in [5, 5.41) is 4.15. The second kappa shape index (κ2) is 6.52. The molecule has 0 saturated heterocycles. The Morgan fingerprint density at radius 3 is 2.44 bits per heavy atom. The van der Waals surface area contributed by atoms with Crippen LogP contribution in [0.2, 0.25) is 0 Å². The molecular formula is C14H17N3S. The molecule has 4 heteroatoms. The monoisotopic (exact) mass is 259 g/mol. The van der Waals surface area contributed by atoms with E-state index in [1.807, 2.05) is 32.4 Å². The maximum absolute atomic E-state index is 4.30. The Kier molecular flexibility index (Phi) is 4.73. The number of aryl methyl sites for hydroxylation is 1. The predicted molar refractivity (Wildman–Crippen MR) is 75.7 cm³/mol. The summed E-state index contributed by atoms with van der Waals surface area (Å²) in [6.07, 6.45) is 3.71. The highest BCUT2D eigenvalue weighted by Gasteiger charge is 2.09. The highest BCUT2D eigenvalue weighted by Crippen LogP contribution is 2.21. The highest BCUT2D eigenvalue weighted by atomic mass is 32.2. The van der Waals surface area contributed by atoms with Gasteiger partial charge in [-0.3, -0.25) is 0 Å². The van der Waals surface area contributed by atoms with Crippen LogP contribution in [0.3, 0.4) is 0 Å². The number of rotatable bonds is 5. The molecule has 3 nitrogen and oxygen atoms in total. The lowest BCUT2D eigenvalue weighted by atomic mass is 10.1. The van der Waals surface area contributed by atoms with Crippen LogP contribution in [0.5, 0.6) is 0 Å². The van der Waals surface area contributed by atoms with Crippen LogP contribution in [0.25, 0.3) is 0 Å². The van der Waals surface area contributed by atoms with E-state index in [9.17, 15) is 0 Å². The Morgan fingerprint density at radius 2 is 1.83 bits per heavy atom. The summed E-state index contributed by atoms with van der Waals surface area (Å²) in [6.45, 7) is 1.99. The molecule has 0 radical (unpaired) electrons. The standard InChI is InChI=1S/C14H17N3S/c1-11-8-16-14(17-9-11)18-10-13(15-2)12-6-4-3-5-7-12/h3-9,13,15H,10H2,1-2H3. The fraction of sp³-hybridized carbons (Fsp3) is 0.286. The Balaban J connectivity index is 1.97. The molecule has 0 saturated carbocycles. The van der Waals surface area contributed by atoms with Gasteiger partial charge in [0.1, 0.15) is 0 Å². The number of aromatic nitrogens is 2. The van der Waals surface area contributed by atoms with Gasteiger partial charge in [-0.1, -0.05) is 42.1 Å². The lowest BCUT2D eigenvalue weighted by Crippen LogP contribution is -2.18. The van der Waals surface area contributed by atoms with Crippen molar-refractivity contribution in [3.63, 3.8) is 0 Å². The molecule has 0 amide bonds. The molecule has 0 aliphatic rings. The third kappa shape index (κ3) is 3.55. The van der Waals surface area contributed by atoms with E-state index in [4.69, 9.17) is 0 Å². The van der Waals surface area contributed by atoms with Crippen molar-refractivity contribution in [2.24, 2.45) is 0 Å². The number of hydrogen-bond donors (Lipinski definition) is 1. The first kappa shape index (κ1) is 13.1. The van der Waals surface area contributed by atoms with Crippen molar-refractivity contribution in [2.45, 2.75) is 18.1 Å². The van der Waals surface area contributed by atoms with Gasteiger partial charge in [-0.05, 0) is 25.1 Å². The fourth-order valence-electron chi connectivity index (χ4n) is 1.64. The first-order valence-electron chi connectivity index (χ1n) is 5.93. The molecule has 94 valence electrons. The summed E-state index contributed by atoms with van der Waals surface area (Å²) in [5.74, 6) is 0.920. The van der Waals surface area contributed by atoms with Crippen molar-refractivity contribution in [1.82, 2.24) is 15.3 Å². The van der Waals surface area contributed by atoms with Gasteiger partial charge >= 0.3 is 0 Å². The summed E-state index contributed by atoms with van der Waals surface area (Å²) in [6, 6.07) is 10.8. The molecular weight excluding hydrogens is 242 g/mol. The zero-order chi connectivity index (χ0) is 12.8. The van der Waals surface area contributed by atoms with Crippen LogP contribution < -0.4 is 5.32 Å². The molecule has 2 aromatic rings. The first-order chi connectivity index (χ1) is 8.79. The van der Waals surface area contributed by atoms with Gasteiger partial charge in [0.05, 0.1) is 0 Å². The number of thioether (sulfide) groups is 1. The van der Waals surface area contributed by atoms with E-state index in [0.29, 0.717) is 6.04 Å². The van der Waals surface area contributed by atoms with Gasteiger partial charge in [-0.15, -0.1) is 0 Å². The highest BCUT2D eigenvalue weighted by molar-refractivity contribution is 7.99. The van der Waals surface area contributed by atoms with Gasteiger partial charge in [0.2, 0.25) is 0 Å². The van der Waals surface area contributed by atoms with Crippen molar-refractivity contribution >= 4 is 11.8 Å². The molecule has 1 aromatic heterocycles. The molecule has 2 rings (SSSR count). The molecule has 0 aliphatic carbocycles. The van der Waals surface area contributed by atoms with Crippen LogP contribution in [-0.2, 0) is 0 Å². The van der Waals surface area contributed by atoms with Crippen LogP contribution in [-0.4, -0.2) is 22.8 Å². The van der Waals surface area contributed by atoms with E-state index in [1.54, 1.807) is 11.8 Å². The first-order valence-corrected chi connectivity index (χ1v) is 6.92. The summed E-state index contributed by atoms with van der Waals surface area (Å²) >= 11 is 1.67. The average molecular weight is 259 g/mol. The predicted octanol–water partition coefficient (Wildman–Crippen LogP) is 2.84. The van der Waals surface area contributed by atoms with Gasteiger partial charge in [0.15, 0.2) is 5.16 Å². The normalized spacial score (nSPS) is 12.3. The summed E-state index contributed by atoms with van der Waals surface area (Å²) in [5.41, 5.74) is 2.38. The van der Waals surface area contributed by atoms with Crippen LogP contribution in [0.4, 0.5) is 0 Å². The topological polar surface area (TPSA) is 37.8 Å². The maximum atomic E-state index is 4.30. The third-order valence-corrected chi connectivity index (χ3v) is 3.66. The zero-order valence-corrected chi connectivity index (χ0v) is 11.4. The minimum absolute atomic E-state index is 0.320. The molecule has 1 N–H and O–H groups in total.